The van der Waals surface area contributed by atoms with E-state index in [9.17, 15) is 14.4 Å². The van der Waals surface area contributed by atoms with Gasteiger partial charge in [0.15, 0.2) is 0 Å². The summed E-state index contributed by atoms with van der Waals surface area (Å²) in [5.74, 6) is -0.593. The number of benzene rings is 1. The normalized spacial score (nSPS) is 13.8. The van der Waals surface area contributed by atoms with Crippen LogP contribution in [0.5, 0.6) is 0 Å². The lowest BCUT2D eigenvalue weighted by molar-refractivity contribution is -0.142. The van der Waals surface area contributed by atoms with Crippen molar-refractivity contribution >= 4 is 22.8 Å². The fraction of sp³-hybridized carbons (Fsp3) is 0.444. The Labute approximate surface area is 149 Å². The molecule has 0 aliphatic carbocycles. The van der Waals surface area contributed by atoms with Crippen molar-refractivity contribution in [2.24, 2.45) is 0 Å². The Morgan fingerprint density at radius 3 is 2.92 bits per heavy atom. The van der Waals surface area contributed by atoms with E-state index in [1.807, 2.05) is 0 Å². The maximum atomic E-state index is 12.7. The predicted octanol–water partition coefficient (Wildman–Crippen LogP) is 0.954. The summed E-state index contributed by atoms with van der Waals surface area (Å²) >= 11 is 0. The number of carboxylic acid groups (broad SMARTS) is 1. The minimum Gasteiger partial charge on any atom is -0.480 e. The fourth-order valence-corrected chi connectivity index (χ4v) is 3.06. The molecule has 0 radical (unpaired) electrons. The molecule has 1 aromatic carbocycles. The summed E-state index contributed by atoms with van der Waals surface area (Å²) < 4.78 is 6.62. The van der Waals surface area contributed by atoms with Gasteiger partial charge in [0.1, 0.15) is 12.4 Å². The molecule has 138 valence electrons. The van der Waals surface area contributed by atoms with E-state index in [0.29, 0.717) is 23.0 Å². The Bertz CT molecular complexity index is 890. The molecule has 8 nitrogen and oxygen atoms in total. The molecule has 0 unspecified atom stereocenters. The fourth-order valence-electron chi connectivity index (χ4n) is 3.06. The second-order valence-electron chi connectivity index (χ2n) is 6.23. The average molecular weight is 359 g/mol. The molecule has 2 aromatic rings. The molecule has 0 saturated carbocycles. The topological polar surface area (TPSA) is 111 Å². The molecule has 1 amide bonds. The molecule has 3 rings (SSSR count). The number of rotatable bonds is 6. The molecule has 1 aromatic heterocycles. The summed E-state index contributed by atoms with van der Waals surface area (Å²) in [7, 11) is 0. The standard InChI is InChI=1S/C18H21N3O5/c22-16(23)11-26-9-7-19-17(24)12-5-6-13-14(10-12)20-15-4-2-1-3-8-21(15)18(13)25/h5-6,10H,1-4,7-9,11H2,(H,19,24)(H,22,23). The number of ether oxygens (including phenoxy) is 1. The van der Waals surface area contributed by atoms with Gasteiger partial charge in [0.2, 0.25) is 0 Å². The van der Waals surface area contributed by atoms with Crippen LogP contribution in [0.15, 0.2) is 23.0 Å². The number of nitrogens with zero attached hydrogens (tertiary/aromatic N) is 2. The van der Waals surface area contributed by atoms with Gasteiger partial charge in [0.05, 0.1) is 17.5 Å². The SMILES string of the molecule is O=C(O)COCCNC(=O)c1ccc2c(=O)n3c(nc2c1)CCCCC3. The number of nitrogens with one attached hydrogen (secondary N) is 1. The lowest BCUT2D eigenvalue weighted by Crippen LogP contribution is -2.28. The zero-order chi connectivity index (χ0) is 18.5. The molecule has 0 saturated heterocycles. The Morgan fingerprint density at radius 2 is 2.12 bits per heavy atom. The van der Waals surface area contributed by atoms with Crippen molar-refractivity contribution in [1.29, 1.82) is 0 Å². The van der Waals surface area contributed by atoms with E-state index in [4.69, 9.17) is 9.84 Å². The molecule has 0 fully saturated rings. The molecule has 0 spiro atoms. The molecule has 26 heavy (non-hydrogen) atoms. The van der Waals surface area contributed by atoms with Crippen LogP contribution in [0.3, 0.4) is 0 Å². The highest BCUT2D eigenvalue weighted by Crippen LogP contribution is 2.16. The molecular weight excluding hydrogens is 338 g/mol. The Hall–Kier alpha value is -2.74. The number of aryl methyl sites for hydroxylation is 1. The van der Waals surface area contributed by atoms with Gasteiger partial charge in [-0.1, -0.05) is 6.42 Å². The molecular formula is C18H21N3O5. The Kier molecular flexibility index (Phi) is 5.62. The first kappa shape index (κ1) is 18.1. The van der Waals surface area contributed by atoms with Crippen molar-refractivity contribution in [2.75, 3.05) is 19.8 Å². The van der Waals surface area contributed by atoms with Crippen LogP contribution in [0.4, 0.5) is 0 Å². The minimum absolute atomic E-state index is 0.0547. The van der Waals surface area contributed by atoms with Gasteiger partial charge in [-0.25, -0.2) is 9.78 Å². The van der Waals surface area contributed by atoms with Crippen molar-refractivity contribution in [1.82, 2.24) is 14.9 Å². The van der Waals surface area contributed by atoms with Crippen LogP contribution in [-0.2, 0) is 22.5 Å². The number of fused-ring (bicyclic) bond motifs is 2. The van der Waals surface area contributed by atoms with Crippen molar-refractivity contribution < 1.29 is 19.4 Å². The third-order valence-electron chi connectivity index (χ3n) is 4.34. The quantitative estimate of drug-likeness (QED) is 0.743. The zero-order valence-electron chi connectivity index (χ0n) is 14.4. The van der Waals surface area contributed by atoms with Gasteiger partial charge in [-0.05, 0) is 31.0 Å². The van der Waals surface area contributed by atoms with Crippen LogP contribution in [0.1, 0.15) is 35.4 Å². The van der Waals surface area contributed by atoms with Crippen LogP contribution in [0.2, 0.25) is 0 Å². The average Bonchev–Trinajstić information content (AvgIpc) is 2.86. The number of aliphatic carboxylic acids is 1. The molecule has 0 atom stereocenters. The summed E-state index contributed by atoms with van der Waals surface area (Å²) in [6.45, 7) is 0.601. The van der Waals surface area contributed by atoms with Crippen molar-refractivity contribution in [3.63, 3.8) is 0 Å². The number of carboxylic acids is 1. The number of carbonyl (C=O) groups excluding carboxylic acids is 1. The maximum absolute atomic E-state index is 12.7. The number of carbonyl (C=O) groups is 2. The van der Waals surface area contributed by atoms with Crippen LogP contribution >= 0.6 is 0 Å². The first-order valence-electron chi connectivity index (χ1n) is 8.67. The van der Waals surface area contributed by atoms with Gasteiger partial charge in [0.25, 0.3) is 11.5 Å². The van der Waals surface area contributed by atoms with Crippen molar-refractivity contribution in [3.8, 4) is 0 Å². The van der Waals surface area contributed by atoms with Gasteiger partial charge in [0, 0.05) is 25.1 Å². The monoisotopic (exact) mass is 359 g/mol. The lowest BCUT2D eigenvalue weighted by atomic mass is 10.1. The van der Waals surface area contributed by atoms with Gasteiger partial charge in [-0.3, -0.25) is 14.2 Å². The first-order valence-corrected chi connectivity index (χ1v) is 8.67. The smallest absolute Gasteiger partial charge is 0.329 e. The van der Waals surface area contributed by atoms with Crippen LogP contribution in [-0.4, -0.2) is 46.3 Å². The first-order chi connectivity index (χ1) is 12.6. The van der Waals surface area contributed by atoms with Gasteiger partial charge < -0.3 is 15.2 Å². The number of hydrogen-bond acceptors (Lipinski definition) is 5. The van der Waals surface area contributed by atoms with E-state index in [0.717, 1.165) is 31.5 Å². The molecule has 2 N–H and O–H groups in total. The largest absolute Gasteiger partial charge is 0.480 e. The van der Waals surface area contributed by atoms with E-state index in [2.05, 4.69) is 10.3 Å². The summed E-state index contributed by atoms with van der Waals surface area (Å²) in [5, 5.41) is 11.6. The van der Waals surface area contributed by atoms with E-state index >= 15 is 0 Å². The van der Waals surface area contributed by atoms with Crippen molar-refractivity contribution in [3.05, 3.63) is 39.9 Å². The third kappa shape index (κ3) is 4.08. The Balaban J connectivity index is 1.75. The van der Waals surface area contributed by atoms with Gasteiger partial charge >= 0.3 is 5.97 Å². The highest BCUT2D eigenvalue weighted by molar-refractivity contribution is 5.97. The van der Waals surface area contributed by atoms with E-state index < -0.39 is 12.6 Å². The zero-order valence-corrected chi connectivity index (χ0v) is 14.4. The number of hydrogen-bond donors (Lipinski definition) is 2. The molecule has 8 heteroatoms. The molecule has 1 aliphatic rings. The summed E-state index contributed by atoms with van der Waals surface area (Å²) in [6.07, 6.45) is 3.83. The second kappa shape index (κ2) is 8.09. The van der Waals surface area contributed by atoms with E-state index in [1.165, 1.54) is 0 Å². The highest BCUT2D eigenvalue weighted by Gasteiger charge is 2.15. The second-order valence-corrected chi connectivity index (χ2v) is 6.23. The maximum Gasteiger partial charge on any atom is 0.329 e. The number of aromatic nitrogens is 2. The van der Waals surface area contributed by atoms with Crippen molar-refractivity contribution in [2.45, 2.75) is 32.2 Å². The highest BCUT2D eigenvalue weighted by atomic mass is 16.5. The van der Waals surface area contributed by atoms with Gasteiger partial charge in [-0.15, -0.1) is 0 Å². The minimum atomic E-state index is -1.05. The van der Waals surface area contributed by atoms with Crippen LogP contribution < -0.4 is 10.9 Å². The van der Waals surface area contributed by atoms with E-state index in [-0.39, 0.29) is 24.6 Å². The summed E-state index contributed by atoms with van der Waals surface area (Å²) in [5.41, 5.74) is 0.875. The van der Waals surface area contributed by atoms with Crippen LogP contribution in [0, 0.1) is 0 Å². The predicted molar refractivity (Wildman–Crippen MR) is 94.3 cm³/mol. The number of amides is 1. The van der Waals surface area contributed by atoms with Gasteiger partial charge in [-0.2, -0.15) is 0 Å². The molecule has 1 aliphatic heterocycles. The molecule has 0 bridgehead atoms. The third-order valence-corrected chi connectivity index (χ3v) is 4.34. The van der Waals surface area contributed by atoms with E-state index in [1.54, 1.807) is 22.8 Å². The summed E-state index contributed by atoms with van der Waals surface area (Å²) in [6, 6.07) is 4.86. The Morgan fingerprint density at radius 1 is 1.27 bits per heavy atom. The lowest BCUT2D eigenvalue weighted by Gasteiger charge is -2.11. The molecule has 2 heterocycles. The summed E-state index contributed by atoms with van der Waals surface area (Å²) in [4.78, 5) is 39.8. The van der Waals surface area contributed by atoms with Crippen LogP contribution in [0.25, 0.3) is 10.9 Å².